The highest BCUT2D eigenvalue weighted by atomic mass is 16.5. The van der Waals surface area contributed by atoms with Crippen molar-refractivity contribution in [1.82, 2.24) is 14.9 Å². The maximum atomic E-state index is 13.1. The van der Waals surface area contributed by atoms with Crippen molar-refractivity contribution in [3.05, 3.63) is 78.1 Å². The van der Waals surface area contributed by atoms with Crippen LogP contribution in [0.25, 0.3) is 16.6 Å². The fourth-order valence-electron chi connectivity index (χ4n) is 6.38. The average Bonchev–Trinajstić information content (AvgIpc) is 3.41. The Bertz CT molecular complexity index is 1730. The molecule has 2 saturated carbocycles. The van der Waals surface area contributed by atoms with Crippen LogP contribution in [0.1, 0.15) is 66.7 Å². The van der Waals surface area contributed by atoms with Crippen LogP contribution >= 0.6 is 0 Å². The number of nitrogens with one attached hydrogen (secondary N) is 1. The molecule has 46 heavy (non-hydrogen) atoms. The van der Waals surface area contributed by atoms with E-state index in [0.717, 1.165) is 49.0 Å². The van der Waals surface area contributed by atoms with Crippen molar-refractivity contribution in [3.8, 4) is 28.4 Å². The van der Waals surface area contributed by atoms with Crippen LogP contribution in [0, 0.1) is 5.41 Å². The zero-order valence-corrected chi connectivity index (χ0v) is 26.2. The lowest BCUT2D eigenvalue weighted by Gasteiger charge is -2.57. The molecule has 0 aliphatic heterocycles. The second-order valence-corrected chi connectivity index (χ2v) is 13.2. The predicted molar refractivity (Wildman–Crippen MR) is 173 cm³/mol. The number of rotatable bonds is 13. The number of primary amides is 1. The van der Waals surface area contributed by atoms with Crippen LogP contribution < -0.4 is 31.0 Å². The van der Waals surface area contributed by atoms with E-state index >= 15 is 0 Å². The number of aliphatic hydroxyl groups is 1. The van der Waals surface area contributed by atoms with Gasteiger partial charge in [-0.1, -0.05) is 18.2 Å². The second kappa shape index (κ2) is 12.6. The van der Waals surface area contributed by atoms with Crippen LogP contribution in [0.3, 0.4) is 0 Å². The number of carbonyl (C=O) groups excluding carboxylic acids is 2. The van der Waals surface area contributed by atoms with Crippen molar-refractivity contribution in [1.29, 1.82) is 0 Å². The monoisotopic (exact) mass is 627 g/mol. The Hall–Kier alpha value is -4.61. The molecule has 2 aromatic heterocycles. The minimum absolute atomic E-state index is 0.0385. The first-order valence-corrected chi connectivity index (χ1v) is 15.7. The molecule has 0 atom stereocenters. The molecule has 0 saturated heterocycles. The first-order chi connectivity index (χ1) is 22.0. The van der Waals surface area contributed by atoms with Crippen LogP contribution in [0.5, 0.6) is 17.2 Å². The van der Waals surface area contributed by atoms with Gasteiger partial charge < -0.3 is 36.1 Å². The first-order valence-electron chi connectivity index (χ1n) is 15.7. The summed E-state index contributed by atoms with van der Waals surface area (Å²) in [5.74, 6) is 1.09. The third-order valence-electron chi connectivity index (χ3n) is 8.67. The van der Waals surface area contributed by atoms with Crippen molar-refractivity contribution in [2.45, 2.75) is 63.7 Å². The topological polar surface area (TPSA) is 163 Å². The minimum atomic E-state index is -0.956. The molecule has 2 fully saturated rings. The van der Waals surface area contributed by atoms with Gasteiger partial charge in [-0.25, -0.2) is 4.52 Å². The van der Waals surface area contributed by atoms with Gasteiger partial charge in [-0.3, -0.25) is 9.59 Å². The number of amides is 2. The predicted octanol–water partition coefficient (Wildman–Crippen LogP) is 4.10. The van der Waals surface area contributed by atoms with Crippen LogP contribution in [0.4, 0.5) is 0 Å². The van der Waals surface area contributed by atoms with E-state index in [1.807, 2.05) is 36.4 Å². The lowest BCUT2D eigenvalue weighted by Crippen LogP contribution is -2.58. The largest absolute Gasteiger partial charge is 0.494 e. The van der Waals surface area contributed by atoms with Crippen molar-refractivity contribution in [2.24, 2.45) is 16.9 Å². The lowest BCUT2D eigenvalue weighted by atomic mass is 9.53. The summed E-state index contributed by atoms with van der Waals surface area (Å²) in [5.41, 5.74) is 13.8. The smallest absolute Gasteiger partial charge is 0.255 e. The number of nitrogens with two attached hydrogens (primary N) is 2. The van der Waals surface area contributed by atoms with Crippen LogP contribution in [0.15, 0.2) is 67.0 Å². The van der Waals surface area contributed by atoms with Gasteiger partial charge in [0.25, 0.3) is 11.8 Å². The summed E-state index contributed by atoms with van der Waals surface area (Å²) in [6, 6.07) is 16.8. The van der Waals surface area contributed by atoms with E-state index in [2.05, 4.69) is 10.4 Å². The van der Waals surface area contributed by atoms with E-state index < -0.39 is 11.5 Å². The van der Waals surface area contributed by atoms with E-state index in [1.54, 1.807) is 49.0 Å². The number of carbonyl (C=O) groups is 2. The van der Waals surface area contributed by atoms with Gasteiger partial charge >= 0.3 is 0 Å². The summed E-state index contributed by atoms with van der Waals surface area (Å²) in [7, 11) is 0. The Morgan fingerprint density at radius 1 is 1.02 bits per heavy atom. The fourth-order valence-corrected chi connectivity index (χ4v) is 6.38. The van der Waals surface area contributed by atoms with Crippen molar-refractivity contribution in [3.63, 3.8) is 0 Å². The minimum Gasteiger partial charge on any atom is -0.494 e. The lowest BCUT2D eigenvalue weighted by molar-refractivity contribution is -0.0834. The van der Waals surface area contributed by atoms with Crippen LogP contribution in [-0.4, -0.2) is 64.0 Å². The molecule has 2 amide bonds. The summed E-state index contributed by atoms with van der Waals surface area (Å²) >= 11 is 0. The standard InChI is InChI=1S/C35H41N5O6/c1-34(2,43)21-45-26-8-10-30-29(19-38-40(30)20-26)33(42)39-24-15-35(16-24)17-27(18-35)46-31-14-23(7-9-28(31)32(37)41)22-5-3-6-25(13-22)44-12-4-11-36/h3,5-10,13-14,19-20,24,27,43H,4,11-12,15-18,21,36H2,1-2H3,(H2,37,41)(H,39,42). The van der Waals surface area contributed by atoms with Gasteiger partial charge in [-0.2, -0.15) is 5.10 Å². The summed E-state index contributed by atoms with van der Waals surface area (Å²) in [5, 5.41) is 17.4. The van der Waals surface area contributed by atoms with Gasteiger partial charge in [-0.15, -0.1) is 0 Å². The highest BCUT2D eigenvalue weighted by Crippen LogP contribution is 2.57. The van der Waals surface area contributed by atoms with Gasteiger partial charge in [0.1, 0.15) is 23.9 Å². The molecule has 2 heterocycles. The summed E-state index contributed by atoms with van der Waals surface area (Å²) < 4.78 is 19.4. The third kappa shape index (κ3) is 6.95. The van der Waals surface area contributed by atoms with Crippen molar-refractivity contribution in [2.75, 3.05) is 19.8 Å². The first kappa shape index (κ1) is 31.4. The number of aromatic nitrogens is 2. The maximum Gasteiger partial charge on any atom is 0.255 e. The summed E-state index contributed by atoms with van der Waals surface area (Å²) in [6.07, 6.45) is 7.41. The van der Waals surface area contributed by atoms with E-state index in [1.165, 1.54) is 0 Å². The molecule has 0 unspecified atom stereocenters. The maximum absolute atomic E-state index is 13.1. The molecule has 2 aromatic carbocycles. The quantitative estimate of drug-likeness (QED) is 0.161. The van der Waals surface area contributed by atoms with Gasteiger partial charge in [0, 0.05) is 6.04 Å². The van der Waals surface area contributed by atoms with Crippen molar-refractivity contribution >= 4 is 17.3 Å². The second-order valence-electron chi connectivity index (χ2n) is 13.2. The molecule has 0 radical (unpaired) electrons. The molecule has 0 bridgehead atoms. The van der Waals surface area contributed by atoms with Gasteiger partial charge in [0.2, 0.25) is 0 Å². The number of nitrogens with zero attached hydrogens (tertiary/aromatic N) is 2. The van der Waals surface area contributed by atoms with Crippen molar-refractivity contribution < 1.29 is 28.9 Å². The van der Waals surface area contributed by atoms with Gasteiger partial charge in [-0.05, 0) is 105 Å². The molecule has 2 aliphatic rings. The Balaban J connectivity index is 1.03. The van der Waals surface area contributed by atoms with Gasteiger partial charge in [0.15, 0.2) is 0 Å². The zero-order valence-electron chi connectivity index (χ0n) is 26.2. The fraction of sp³-hybridized carbons (Fsp3) is 0.400. The van der Waals surface area contributed by atoms with Crippen LogP contribution in [-0.2, 0) is 0 Å². The zero-order chi connectivity index (χ0) is 32.5. The number of hydrogen-bond donors (Lipinski definition) is 4. The molecular weight excluding hydrogens is 586 g/mol. The highest BCUT2D eigenvalue weighted by molar-refractivity contribution is 6.01. The summed E-state index contributed by atoms with van der Waals surface area (Å²) in [6.45, 7) is 4.60. The summed E-state index contributed by atoms with van der Waals surface area (Å²) in [4.78, 5) is 25.3. The van der Waals surface area contributed by atoms with Gasteiger partial charge in [0.05, 0.1) is 47.3 Å². The molecule has 6 rings (SSSR count). The Morgan fingerprint density at radius 3 is 2.54 bits per heavy atom. The van der Waals surface area contributed by atoms with E-state index in [-0.39, 0.29) is 30.1 Å². The average molecular weight is 628 g/mol. The molecule has 242 valence electrons. The normalized spacial score (nSPS) is 20.5. The molecule has 11 heteroatoms. The number of benzene rings is 2. The Kier molecular flexibility index (Phi) is 8.63. The number of ether oxygens (including phenoxy) is 3. The SMILES string of the molecule is CC(C)(O)COc1ccc2c(C(=O)NC3CC4(C3)CC(Oc3cc(-c5cccc(OCCCN)c5)ccc3C(N)=O)C4)cnn2c1. The molecule has 2 aliphatic carbocycles. The van der Waals surface area contributed by atoms with E-state index in [9.17, 15) is 14.7 Å². The molecule has 1 spiro atoms. The number of pyridine rings is 1. The van der Waals surface area contributed by atoms with Crippen LogP contribution in [0.2, 0.25) is 0 Å². The molecular formula is C35H41N5O6. The molecule has 6 N–H and O–H groups in total. The number of fused-ring (bicyclic) bond motifs is 1. The third-order valence-corrected chi connectivity index (χ3v) is 8.67. The number of hydrogen-bond acceptors (Lipinski definition) is 8. The van der Waals surface area contributed by atoms with E-state index in [4.69, 9.17) is 25.7 Å². The molecule has 11 nitrogen and oxygen atoms in total. The Labute approximate surface area is 267 Å². The Morgan fingerprint density at radius 2 is 1.80 bits per heavy atom. The van der Waals surface area contributed by atoms with E-state index in [0.29, 0.717) is 41.3 Å². The highest BCUT2D eigenvalue weighted by Gasteiger charge is 2.54. The molecule has 4 aromatic rings.